The predicted molar refractivity (Wildman–Crippen MR) is 140 cm³/mol. The molecule has 1 amide bonds. The lowest BCUT2D eigenvalue weighted by molar-refractivity contribution is 0.114. The van der Waals surface area contributed by atoms with Crippen LogP contribution in [0.1, 0.15) is 71.0 Å². The van der Waals surface area contributed by atoms with Crippen LogP contribution >= 0.6 is 0 Å². The molecule has 1 aromatic heterocycles. The largest absolute Gasteiger partial charge is 0.494 e. The summed E-state index contributed by atoms with van der Waals surface area (Å²) in [5.41, 5.74) is 2.45. The Morgan fingerprint density at radius 3 is 2.56 bits per heavy atom. The number of nitrogens with zero attached hydrogens (tertiary/aromatic N) is 1. The Morgan fingerprint density at radius 1 is 1.19 bits per heavy atom. The number of hydrogen-bond donors (Lipinski definition) is 2. The number of rotatable bonds is 9. The van der Waals surface area contributed by atoms with E-state index in [1.54, 1.807) is 0 Å². The fraction of sp³-hybridized carbons (Fsp3) is 0.519. The van der Waals surface area contributed by atoms with Gasteiger partial charge in [0.05, 0.1) is 30.0 Å². The van der Waals surface area contributed by atoms with Crippen LogP contribution in [-0.4, -0.2) is 43.9 Å². The van der Waals surface area contributed by atoms with Crippen LogP contribution in [0.5, 0.6) is 5.75 Å². The summed E-state index contributed by atoms with van der Waals surface area (Å²) in [6.07, 6.45) is 10.6. The topological polar surface area (TPSA) is 98.7 Å². The minimum absolute atomic E-state index is 0.00378. The number of fused-ring (bicyclic) bond motifs is 1. The summed E-state index contributed by atoms with van der Waals surface area (Å²) in [6.45, 7) is 6.10. The molecule has 8 nitrogen and oxygen atoms in total. The molecule has 3 aliphatic rings. The molecule has 2 N–H and O–H groups in total. The van der Waals surface area contributed by atoms with Crippen molar-refractivity contribution in [2.24, 2.45) is 0 Å². The molecule has 3 aliphatic carbocycles. The average Bonchev–Trinajstić information content (AvgIpc) is 3.52. The highest BCUT2D eigenvalue weighted by atomic mass is 32.2. The van der Waals surface area contributed by atoms with Gasteiger partial charge in [0, 0.05) is 23.5 Å². The fourth-order valence-electron chi connectivity index (χ4n) is 4.87. The second-order valence-corrected chi connectivity index (χ2v) is 11.7. The first-order valence-electron chi connectivity index (χ1n) is 13.0. The molecule has 5 rings (SSSR count). The normalized spacial score (nSPS) is 20.3. The van der Waals surface area contributed by atoms with Gasteiger partial charge in [-0.2, -0.15) is 0 Å². The van der Waals surface area contributed by atoms with E-state index in [1.165, 1.54) is 0 Å². The number of benzene rings is 1. The van der Waals surface area contributed by atoms with Gasteiger partial charge in [-0.25, -0.2) is 17.9 Å². The Morgan fingerprint density at radius 2 is 1.97 bits per heavy atom. The molecule has 1 aromatic carbocycles. The molecule has 194 valence electrons. The summed E-state index contributed by atoms with van der Waals surface area (Å²) in [5, 5.41) is 3.57. The molecular formula is C27H35N3O5S. The second-order valence-electron chi connectivity index (χ2n) is 10.1. The Hall–Kier alpha value is -2.78. The van der Waals surface area contributed by atoms with E-state index in [-0.39, 0.29) is 24.2 Å². The van der Waals surface area contributed by atoms with E-state index < -0.39 is 16.1 Å². The van der Waals surface area contributed by atoms with Crippen LogP contribution in [-0.2, 0) is 14.8 Å². The molecular weight excluding hydrogens is 478 g/mol. The van der Waals surface area contributed by atoms with Crippen LogP contribution in [0.3, 0.4) is 0 Å². The van der Waals surface area contributed by atoms with Gasteiger partial charge in [-0.3, -0.25) is 0 Å². The minimum atomic E-state index is -3.75. The van der Waals surface area contributed by atoms with Crippen molar-refractivity contribution in [3.05, 3.63) is 42.1 Å². The van der Waals surface area contributed by atoms with Gasteiger partial charge < -0.3 is 19.4 Å². The lowest BCUT2D eigenvalue weighted by Crippen LogP contribution is -2.35. The van der Waals surface area contributed by atoms with Gasteiger partial charge in [0.15, 0.2) is 0 Å². The van der Waals surface area contributed by atoms with Gasteiger partial charge in [0.1, 0.15) is 10.6 Å². The van der Waals surface area contributed by atoms with Crippen LogP contribution in [0.4, 0.5) is 4.79 Å². The number of hydrogen-bond acceptors (Lipinski definition) is 5. The number of nitrogens with one attached hydrogen (secondary N) is 2. The highest BCUT2D eigenvalue weighted by Gasteiger charge is 2.36. The Labute approximate surface area is 212 Å². The Balaban J connectivity index is 1.59. The molecule has 0 spiro atoms. The van der Waals surface area contributed by atoms with E-state index >= 15 is 0 Å². The van der Waals surface area contributed by atoms with Crippen LogP contribution in [0.25, 0.3) is 16.5 Å². The lowest BCUT2D eigenvalue weighted by Gasteiger charge is -2.31. The molecule has 2 fully saturated rings. The molecule has 0 radical (unpaired) electrons. The lowest BCUT2D eigenvalue weighted by atomic mass is 9.91. The van der Waals surface area contributed by atoms with E-state index in [1.807, 2.05) is 57.2 Å². The van der Waals surface area contributed by atoms with E-state index in [9.17, 15) is 13.2 Å². The number of amides is 1. The van der Waals surface area contributed by atoms with Gasteiger partial charge in [-0.05, 0) is 77.0 Å². The van der Waals surface area contributed by atoms with E-state index in [4.69, 9.17) is 9.47 Å². The fourth-order valence-corrected chi connectivity index (χ4v) is 6.59. The van der Waals surface area contributed by atoms with Crippen LogP contribution in [0, 0.1) is 0 Å². The van der Waals surface area contributed by atoms with E-state index in [2.05, 4.69) is 14.6 Å². The third kappa shape index (κ3) is 5.04. The molecule has 0 aliphatic heterocycles. The summed E-state index contributed by atoms with van der Waals surface area (Å²) in [7, 11) is -3.75. The number of alkyl carbamates (subject to hydrolysis) is 1. The summed E-state index contributed by atoms with van der Waals surface area (Å²) in [5.74, 6) is 0.731. The molecule has 36 heavy (non-hydrogen) atoms. The molecule has 1 atom stereocenters. The Kier molecular flexibility index (Phi) is 6.87. The molecule has 1 unspecified atom stereocenters. The quantitative estimate of drug-likeness (QED) is 0.489. The maximum Gasteiger partial charge on any atom is 0.407 e. The summed E-state index contributed by atoms with van der Waals surface area (Å²) in [6, 6.07) is 5.72. The monoisotopic (exact) mass is 513 g/mol. The van der Waals surface area contributed by atoms with E-state index in [0.29, 0.717) is 23.3 Å². The molecule has 0 saturated heterocycles. The second kappa shape index (κ2) is 9.94. The Bertz CT molecular complexity index is 1320. The molecule has 2 aromatic rings. The van der Waals surface area contributed by atoms with Crippen molar-refractivity contribution < 1.29 is 22.7 Å². The zero-order chi connectivity index (χ0) is 25.4. The van der Waals surface area contributed by atoms with Gasteiger partial charge in [-0.1, -0.05) is 18.2 Å². The minimum Gasteiger partial charge on any atom is -0.494 e. The molecule has 9 heteroatoms. The molecule has 2 saturated carbocycles. The zero-order valence-electron chi connectivity index (χ0n) is 21.1. The van der Waals surface area contributed by atoms with Crippen molar-refractivity contribution in [3.8, 4) is 5.75 Å². The third-order valence-electron chi connectivity index (χ3n) is 6.87. The smallest absolute Gasteiger partial charge is 0.407 e. The summed E-state index contributed by atoms with van der Waals surface area (Å²) >= 11 is 0. The van der Waals surface area contributed by atoms with Crippen LogP contribution in [0.2, 0.25) is 0 Å². The van der Waals surface area contributed by atoms with Gasteiger partial charge in [-0.15, -0.1) is 0 Å². The van der Waals surface area contributed by atoms with Gasteiger partial charge in [0.2, 0.25) is 10.0 Å². The highest BCUT2D eigenvalue weighted by molar-refractivity contribution is 7.89. The number of sulfonamides is 1. The maximum absolute atomic E-state index is 13.7. The van der Waals surface area contributed by atoms with Crippen molar-refractivity contribution in [1.29, 1.82) is 0 Å². The highest BCUT2D eigenvalue weighted by Crippen LogP contribution is 2.44. The number of carbonyl (C=O) groups is 1. The number of aromatic nitrogens is 1. The number of allylic oxidation sites excluding steroid dienone is 2. The third-order valence-corrected chi connectivity index (χ3v) is 8.46. The average molecular weight is 514 g/mol. The van der Waals surface area contributed by atoms with Gasteiger partial charge in [0.25, 0.3) is 0 Å². The summed E-state index contributed by atoms with van der Waals surface area (Å²) < 4.78 is 43.6. The van der Waals surface area contributed by atoms with Crippen molar-refractivity contribution in [2.75, 3.05) is 6.61 Å². The number of ether oxygens (including phenoxy) is 2. The van der Waals surface area contributed by atoms with Crippen LogP contribution < -0.4 is 14.8 Å². The maximum atomic E-state index is 13.7. The van der Waals surface area contributed by atoms with Gasteiger partial charge >= 0.3 is 6.09 Å². The van der Waals surface area contributed by atoms with Crippen molar-refractivity contribution in [2.45, 2.75) is 88.4 Å². The molecule has 0 bridgehead atoms. The van der Waals surface area contributed by atoms with Crippen molar-refractivity contribution in [1.82, 2.24) is 14.6 Å². The first-order valence-corrected chi connectivity index (χ1v) is 14.4. The van der Waals surface area contributed by atoms with Crippen LogP contribution in [0.15, 0.2) is 41.3 Å². The SMILES string of the molecule is CCOc1ccc2c(S(=O)(=O)NC3CC3)c(C3=CCC(NC(=O)OC(C)C)C=C3)n(C3CCC3)c2c1. The first-order chi connectivity index (χ1) is 17.3. The molecule has 1 heterocycles. The summed E-state index contributed by atoms with van der Waals surface area (Å²) in [4.78, 5) is 12.4. The van der Waals surface area contributed by atoms with Crippen molar-refractivity contribution in [3.63, 3.8) is 0 Å². The standard InChI is InChI=1S/C27H35N3O5S/c1-4-34-22-14-15-23-24(16-22)30(21-6-5-7-21)25(26(23)36(32,33)29-20-12-13-20)18-8-10-19(11-9-18)28-27(31)35-17(2)3/h8-10,14-17,19-21,29H,4-7,11-13H2,1-3H3,(H,28,31). The first kappa shape index (κ1) is 24.9. The predicted octanol–water partition coefficient (Wildman–Crippen LogP) is 5.05. The van der Waals surface area contributed by atoms with Crippen molar-refractivity contribution >= 4 is 32.6 Å². The van der Waals surface area contributed by atoms with E-state index in [0.717, 1.165) is 54.6 Å². The zero-order valence-corrected chi connectivity index (χ0v) is 21.9. The number of carbonyl (C=O) groups excluding carboxylic acids is 1.